The van der Waals surface area contributed by atoms with Gasteiger partial charge >= 0.3 is 0 Å². The van der Waals surface area contributed by atoms with Gasteiger partial charge in [-0.25, -0.2) is 4.98 Å². The Labute approximate surface area is 141 Å². The second-order valence-electron chi connectivity index (χ2n) is 6.46. The van der Waals surface area contributed by atoms with Crippen molar-refractivity contribution >= 4 is 5.91 Å². The van der Waals surface area contributed by atoms with Gasteiger partial charge in [-0.3, -0.25) is 9.89 Å². The molecule has 130 valence electrons. The van der Waals surface area contributed by atoms with Crippen LogP contribution in [0, 0.1) is 0 Å². The number of aryl methyl sites for hydroxylation is 1. The first-order chi connectivity index (χ1) is 11.6. The van der Waals surface area contributed by atoms with Crippen molar-refractivity contribution in [3.05, 3.63) is 35.2 Å². The van der Waals surface area contributed by atoms with E-state index < -0.39 is 0 Å². The van der Waals surface area contributed by atoms with E-state index in [0.29, 0.717) is 25.5 Å². The third-order valence-electron chi connectivity index (χ3n) is 4.26. The summed E-state index contributed by atoms with van der Waals surface area (Å²) in [6.07, 6.45) is 3.43. The predicted molar refractivity (Wildman–Crippen MR) is 89.9 cm³/mol. The highest BCUT2D eigenvalue weighted by Crippen LogP contribution is 2.24. The maximum atomic E-state index is 12.9. The zero-order valence-electron chi connectivity index (χ0n) is 14.5. The lowest BCUT2D eigenvalue weighted by atomic mass is 10.0. The summed E-state index contributed by atoms with van der Waals surface area (Å²) in [5.74, 6) is 1.82. The van der Waals surface area contributed by atoms with Crippen molar-refractivity contribution in [2.24, 2.45) is 0 Å². The molecule has 1 fully saturated rings. The molecule has 1 aliphatic rings. The maximum Gasteiger partial charge on any atom is 0.255 e. The van der Waals surface area contributed by atoms with E-state index in [-0.39, 0.29) is 17.9 Å². The van der Waals surface area contributed by atoms with E-state index >= 15 is 0 Å². The number of hydrogen-bond acceptors (Lipinski definition) is 4. The highest BCUT2D eigenvalue weighted by Gasteiger charge is 2.30. The molecule has 2 N–H and O–H groups in total. The Bertz CT molecular complexity index is 691. The molecule has 3 rings (SSSR count). The van der Waals surface area contributed by atoms with E-state index in [1.165, 1.54) is 0 Å². The first-order valence-corrected chi connectivity index (χ1v) is 8.59. The topological polar surface area (TPSA) is 86.9 Å². The van der Waals surface area contributed by atoms with Crippen LogP contribution >= 0.6 is 0 Å². The maximum absolute atomic E-state index is 12.9. The highest BCUT2D eigenvalue weighted by atomic mass is 16.5. The van der Waals surface area contributed by atoms with E-state index in [0.717, 1.165) is 29.9 Å². The van der Waals surface area contributed by atoms with Crippen LogP contribution < -0.4 is 0 Å². The van der Waals surface area contributed by atoms with Crippen molar-refractivity contribution in [1.29, 1.82) is 0 Å². The molecule has 0 saturated carbocycles. The fourth-order valence-corrected chi connectivity index (χ4v) is 3.01. The van der Waals surface area contributed by atoms with Crippen LogP contribution in [0.25, 0.3) is 0 Å². The van der Waals surface area contributed by atoms with E-state index in [1.54, 1.807) is 0 Å². The Kier molecular flexibility index (Phi) is 4.99. The Morgan fingerprint density at radius 2 is 2.33 bits per heavy atom. The van der Waals surface area contributed by atoms with Gasteiger partial charge in [-0.15, -0.1) is 0 Å². The summed E-state index contributed by atoms with van der Waals surface area (Å²) in [6.45, 7) is 7.81. The number of morpholine rings is 1. The molecular weight excluding hydrogens is 306 g/mol. The van der Waals surface area contributed by atoms with Gasteiger partial charge in [-0.2, -0.15) is 5.10 Å². The largest absolute Gasteiger partial charge is 0.366 e. The number of aromatic nitrogens is 4. The van der Waals surface area contributed by atoms with Gasteiger partial charge in [0.25, 0.3) is 5.91 Å². The van der Waals surface area contributed by atoms with Gasteiger partial charge in [0.05, 0.1) is 18.7 Å². The summed E-state index contributed by atoms with van der Waals surface area (Å²) < 4.78 is 5.78. The zero-order valence-corrected chi connectivity index (χ0v) is 14.5. The molecule has 0 spiro atoms. The molecule has 7 nitrogen and oxygen atoms in total. The van der Waals surface area contributed by atoms with Crippen molar-refractivity contribution in [3.63, 3.8) is 0 Å². The third kappa shape index (κ3) is 3.36. The molecule has 1 saturated heterocycles. The Balaban J connectivity index is 1.72. The van der Waals surface area contributed by atoms with Gasteiger partial charge in [-0.1, -0.05) is 20.8 Å². The SMILES string of the molecule is CCCc1nc(C2CN(C(=O)c3cc[nH]c3C(C)C)CCO2)n[nH]1. The van der Waals surface area contributed by atoms with E-state index in [1.807, 2.05) is 17.2 Å². The molecule has 0 bridgehead atoms. The fourth-order valence-electron chi connectivity index (χ4n) is 3.01. The molecule has 2 aromatic rings. The summed E-state index contributed by atoms with van der Waals surface area (Å²) in [4.78, 5) is 22.4. The minimum Gasteiger partial charge on any atom is -0.366 e. The average molecular weight is 331 g/mol. The summed E-state index contributed by atoms with van der Waals surface area (Å²) in [5, 5.41) is 7.21. The number of aromatic amines is 2. The molecule has 24 heavy (non-hydrogen) atoms. The van der Waals surface area contributed by atoms with Crippen LogP contribution in [-0.2, 0) is 11.2 Å². The van der Waals surface area contributed by atoms with Crippen molar-refractivity contribution in [3.8, 4) is 0 Å². The van der Waals surface area contributed by atoms with Crippen LogP contribution in [-0.4, -0.2) is 50.7 Å². The normalized spacial score (nSPS) is 18.3. The molecule has 0 radical (unpaired) electrons. The molecule has 0 aromatic carbocycles. The van der Waals surface area contributed by atoms with Gasteiger partial charge in [0, 0.05) is 24.9 Å². The summed E-state index contributed by atoms with van der Waals surface area (Å²) in [5.41, 5.74) is 1.72. The molecule has 1 atom stereocenters. The second-order valence-corrected chi connectivity index (χ2v) is 6.46. The van der Waals surface area contributed by atoms with Crippen molar-refractivity contribution in [2.75, 3.05) is 19.7 Å². The number of ether oxygens (including phenoxy) is 1. The molecule has 1 amide bonds. The minimum absolute atomic E-state index is 0.0394. The quantitative estimate of drug-likeness (QED) is 0.881. The number of carbonyl (C=O) groups excluding carboxylic acids is 1. The van der Waals surface area contributed by atoms with Crippen LogP contribution in [0.4, 0.5) is 0 Å². The zero-order chi connectivity index (χ0) is 17.1. The number of carbonyl (C=O) groups is 1. The lowest BCUT2D eigenvalue weighted by Crippen LogP contribution is -2.42. The van der Waals surface area contributed by atoms with Gasteiger partial charge < -0.3 is 14.6 Å². The summed E-state index contributed by atoms with van der Waals surface area (Å²) >= 11 is 0. The highest BCUT2D eigenvalue weighted by molar-refractivity contribution is 5.95. The monoisotopic (exact) mass is 331 g/mol. The van der Waals surface area contributed by atoms with Gasteiger partial charge in [0.1, 0.15) is 11.9 Å². The number of nitrogens with zero attached hydrogens (tertiary/aromatic N) is 3. The van der Waals surface area contributed by atoms with Crippen molar-refractivity contribution in [2.45, 2.75) is 45.6 Å². The number of rotatable bonds is 5. The van der Waals surface area contributed by atoms with Crippen LogP contribution in [0.1, 0.15) is 66.9 Å². The first kappa shape index (κ1) is 16.7. The number of hydrogen-bond donors (Lipinski definition) is 2. The molecule has 3 heterocycles. The Morgan fingerprint density at radius 3 is 3.08 bits per heavy atom. The van der Waals surface area contributed by atoms with E-state index in [4.69, 9.17) is 4.74 Å². The predicted octanol–water partition coefficient (Wildman–Crippen LogP) is 2.42. The Morgan fingerprint density at radius 1 is 1.50 bits per heavy atom. The van der Waals surface area contributed by atoms with E-state index in [2.05, 4.69) is 40.9 Å². The van der Waals surface area contributed by atoms with Gasteiger partial charge in [-0.05, 0) is 18.4 Å². The van der Waals surface area contributed by atoms with Gasteiger partial charge in [0.15, 0.2) is 5.82 Å². The summed E-state index contributed by atoms with van der Waals surface area (Å²) in [6, 6.07) is 1.86. The molecule has 1 aliphatic heterocycles. The van der Waals surface area contributed by atoms with E-state index in [9.17, 15) is 4.79 Å². The van der Waals surface area contributed by atoms with Crippen molar-refractivity contribution < 1.29 is 9.53 Å². The van der Waals surface area contributed by atoms with Crippen LogP contribution in [0.2, 0.25) is 0 Å². The second kappa shape index (κ2) is 7.17. The third-order valence-corrected chi connectivity index (χ3v) is 4.26. The smallest absolute Gasteiger partial charge is 0.255 e. The Hall–Kier alpha value is -2.15. The first-order valence-electron chi connectivity index (χ1n) is 8.59. The molecular formula is C17H25N5O2. The molecule has 2 aromatic heterocycles. The molecule has 1 unspecified atom stereocenters. The summed E-state index contributed by atoms with van der Waals surface area (Å²) in [7, 11) is 0. The minimum atomic E-state index is -0.272. The standard InChI is InChI=1S/C17H25N5O2/c1-4-5-14-19-16(21-20-14)13-10-22(8-9-24-13)17(23)12-6-7-18-15(12)11(2)3/h6-7,11,13,18H,4-5,8-10H2,1-3H3,(H,19,20,21). The number of nitrogens with one attached hydrogen (secondary N) is 2. The average Bonchev–Trinajstić information content (AvgIpc) is 3.24. The van der Waals surface area contributed by atoms with Crippen LogP contribution in [0.3, 0.4) is 0 Å². The number of amides is 1. The lowest BCUT2D eigenvalue weighted by molar-refractivity contribution is -0.0267. The van der Waals surface area contributed by atoms with Gasteiger partial charge in [0.2, 0.25) is 0 Å². The molecule has 0 aliphatic carbocycles. The number of H-pyrrole nitrogens is 2. The lowest BCUT2D eigenvalue weighted by Gasteiger charge is -2.31. The fraction of sp³-hybridized carbons (Fsp3) is 0.588. The van der Waals surface area contributed by atoms with Crippen LogP contribution in [0.15, 0.2) is 12.3 Å². The molecule has 7 heteroatoms. The van der Waals surface area contributed by atoms with Crippen LogP contribution in [0.5, 0.6) is 0 Å². The van der Waals surface area contributed by atoms with Crippen molar-refractivity contribution in [1.82, 2.24) is 25.1 Å².